The summed E-state index contributed by atoms with van der Waals surface area (Å²) in [5, 5.41) is 19.3. The Kier molecular flexibility index (Phi) is 7.19. The van der Waals surface area contributed by atoms with Gasteiger partial charge >= 0.3 is 0 Å². The Balaban J connectivity index is 1.83. The van der Waals surface area contributed by atoms with Crippen LogP contribution in [0.25, 0.3) is 0 Å². The third-order valence-electron chi connectivity index (χ3n) is 4.41. The van der Waals surface area contributed by atoms with E-state index >= 15 is 0 Å². The van der Waals surface area contributed by atoms with Gasteiger partial charge in [0.1, 0.15) is 12.2 Å². The molecule has 2 aliphatic heterocycles. The highest BCUT2D eigenvalue weighted by molar-refractivity contribution is 7.58. The SMILES string of the molecule is C=P(O)(OC[C@H]1O[C@@H](BC)CC1O)OC1C[C@H](BC)O[C@@H]1CO. The molecule has 0 saturated carbocycles. The quantitative estimate of drug-likeness (QED) is 0.388. The Morgan fingerprint density at radius 1 is 1.17 bits per heavy atom. The van der Waals surface area contributed by atoms with Gasteiger partial charge in [0.15, 0.2) is 14.6 Å². The number of aliphatic hydroxyl groups is 2. The Bertz CT molecular complexity index is 427. The third-order valence-corrected chi connectivity index (χ3v) is 5.56. The lowest BCUT2D eigenvalue weighted by atomic mass is 9.73. The van der Waals surface area contributed by atoms with E-state index in [1.807, 2.05) is 13.6 Å². The second-order valence-electron chi connectivity index (χ2n) is 6.21. The Morgan fingerprint density at radius 2 is 1.78 bits per heavy atom. The van der Waals surface area contributed by atoms with Gasteiger partial charge in [-0.15, -0.1) is 0 Å². The van der Waals surface area contributed by atoms with Crippen LogP contribution in [0.15, 0.2) is 0 Å². The minimum Gasteiger partial charge on any atom is -0.394 e. The van der Waals surface area contributed by atoms with Crippen LogP contribution in [0.2, 0.25) is 13.6 Å². The summed E-state index contributed by atoms with van der Waals surface area (Å²) in [5.41, 5.74) is 0. The maximum atomic E-state index is 10.3. The fourth-order valence-electron chi connectivity index (χ4n) is 3.00. The van der Waals surface area contributed by atoms with E-state index in [1.165, 1.54) is 0 Å². The lowest BCUT2D eigenvalue weighted by Crippen LogP contribution is -2.29. The summed E-state index contributed by atoms with van der Waals surface area (Å²) in [7, 11) is -1.68. The number of aliphatic hydroxyl groups excluding tert-OH is 2. The molecule has 2 saturated heterocycles. The molecule has 2 heterocycles. The lowest BCUT2D eigenvalue weighted by Gasteiger charge is -2.26. The molecule has 2 aliphatic rings. The van der Waals surface area contributed by atoms with Crippen LogP contribution in [-0.4, -0.2) is 85.6 Å². The Labute approximate surface area is 139 Å². The van der Waals surface area contributed by atoms with Gasteiger partial charge in [0.2, 0.25) is 7.57 Å². The number of rotatable bonds is 8. The average Bonchev–Trinajstić information content (AvgIpc) is 3.07. The normalized spacial score (nSPS) is 40.0. The van der Waals surface area contributed by atoms with Crippen LogP contribution in [0.1, 0.15) is 12.8 Å². The van der Waals surface area contributed by atoms with Gasteiger partial charge in [-0.3, -0.25) is 0 Å². The summed E-state index contributed by atoms with van der Waals surface area (Å²) in [4.78, 5) is 10.3. The van der Waals surface area contributed by atoms with Gasteiger partial charge in [0.25, 0.3) is 0 Å². The molecular weight excluding hydrogens is 321 g/mol. The van der Waals surface area contributed by atoms with Crippen molar-refractivity contribution in [3.8, 4) is 0 Å². The molecule has 0 spiro atoms. The van der Waals surface area contributed by atoms with Crippen molar-refractivity contribution in [1.29, 1.82) is 0 Å². The zero-order valence-electron chi connectivity index (χ0n) is 13.8. The topological polar surface area (TPSA) is 97.6 Å². The minimum absolute atomic E-state index is 0.00227. The Hall–Kier alpha value is 0.150. The van der Waals surface area contributed by atoms with E-state index in [4.69, 9.17) is 18.5 Å². The van der Waals surface area contributed by atoms with Crippen LogP contribution in [0, 0.1) is 0 Å². The number of ether oxygens (including phenoxy) is 2. The predicted octanol–water partition coefficient (Wildman–Crippen LogP) is -0.873. The highest BCUT2D eigenvalue weighted by atomic mass is 31.2. The van der Waals surface area contributed by atoms with E-state index < -0.39 is 32.0 Å². The smallest absolute Gasteiger partial charge is 0.248 e. The molecular formula is C13H27B2O7P. The van der Waals surface area contributed by atoms with Crippen LogP contribution < -0.4 is 0 Å². The van der Waals surface area contributed by atoms with Gasteiger partial charge < -0.3 is 33.6 Å². The first-order valence-electron chi connectivity index (χ1n) is 8.27. The number of hydrogen-bond donors (Lipinski definition) is 3. The molecule has 0 aromatic heterocycles. The van der Waals surface area contributed by atoms with Crippen molar-refractivity contribution in [2.75, 3.05) is 13.2 Å². The van der Waals surface area contributed by atoms with E-state index in [9.17, 15) is 15.1 Å². The zero-order chi connectivity index (χ0) is 17.0. The molecule has 2 fully saturated rings. The molecule has 0 aliphatic carbocycles. The second-order valence-corrected chi connectivity index (χ2v) is 7.95. The van der Waals surface area contributed by atoms with E-state index in [0.717, 1.165) is 14.6 Å². The fourth-order valence-corrected chi connectivity index (χ4v) is 4.08. The van der Waals surface area contributed by atoms with Gasteiger partial charge in [-0.25, -0.2) is 0 Å². The maximum Gasteiger partial charge on any atom is 0.248 e. The minimum atomic E-state index is -3.32. The second kappa shape index (κ2) is 8.50. The van der Waals surface area contributed by atoms with Crippen molar-refractivity contribution in [2.24, 2.45) is 0 Å². The first-order valence-corrected chi connectivity index (χ1v) is 10.0. The molecule has 3 unspecified atom stereocenters. The summed E-state index contributed by atoms with van der Waals surface area (Å²) in [6.07, 6.45) is 2.77. The zero-order valence-corrected chi connectivity index (χ0v) is 14.7. The summed E-state index contributed by atoms with van der Waals surface area (Å²) < 4.78 is 22.3. The van der Waals surface area contributed by atoms with Crippen LogP contribution >= 0.6 is 7.57 Å². The molecule has 2 rings (SSSR count). The molecule has 0 aromatic carbocycles. The molecule has 0 amide bonds. The fraction of sp³-hybridized carbons (Fsp3) is 0.923. The van der Waals surface area contributed by atoms with Crippen molar-refractivity contribution in [1.82, 2.24) is 0 Å². The van der Waals surface area contributed by atoms with Crippen LogP contribution in [0.3, 0.4) is 0 Å². The van der Waals surface area contributed by atoms with Gasteiger partial charge in [0.05, 0.1) is 25.4 Å². The number of hydrogen-bond acceptors (Lipinski definition) is 7. The first kappa shape index (κ1) is 19.5. The predicted molar refractivity (Wildman–Crippen MR) is 92.8 cm³/mol. The van der Waals surface area contributed by atoms with Crippen molar-refractivity contribution in [2.45, 2.75) is 62.9 Å². The summed E-state index contributed by atoms with van der Waals surface area (Å²) >= 11 is 0. The van der Waals surface area contributed by atoms with E-state index in [1.54, 1.807) is 0 Å². The molecule has 0 aromatic rings. The van der Waals surface area contributed by atoms with Crippen LogP contribution in [-0.2, 0) is 18.5 Å². The van der Waals surface area contributed by atoms with Crippen molar-refractivity contribution < 1.29 is 33.6 Å². The highest BCUT2D eigenvalue weighted by Crippen LogP contribution is 2.47. The summed E-state index contributed by atoms with van der Waals surface area (Å²) in [6, 6.07) is 0.0190. The van der Waals surface area contributed by atoms with Crippen LogP contribution in [0.4, 0.5) is 0 Å². The van der Waals surface area contributed by atoms with E-state index in [0.29, 0.717) is 12.8 Å². The monoisotopic (exact) mass is 348 g/mol. The van der Waals surface area contributed by atoms with Gasteiger partial charge in [-0.1, -0.05) is 13.6 Å². The Morgan fingerprint density at radius 3 is 2.35 bits per heavy atom. The first-order chi connectivity index (χ1) is 10.9. The molecule has 0 radical (unpaired) electrons. The van der Waals surface area contributed by atoms with Crippen LogP contribution in [0.5, 0.6) is 0 Å². The molecule has 0 bridgehead atoms. The third kappa shape index (κ3) is 5.31. The van der Waals surface area contributed by atoms with E-state index in [-0.39, 0.29) is 25.2 Å². The lowest BCUT2D eigenvalue weighted by molar-refractivity contribution is -0.0179. The van der Waals surface area contributed by atoms with Gasteiger partial charge in [-0.05, 0) is 19.1 Å². The summed E-state index contributed by atoms with van der Waals surface area (Å²) in [5.74, 6) is 0. The van der Waals surface area contributed by atoms with Gasteiger partial charge in [0, 0.05) is 12.0 Å². The molecule has 3 N–H and O–H groups in total. The average molecular weight is 348 g/mol. The molecule has 23 heavy (non-hydrogen) atoms. The maximum absolute atomic E-state index is 10.3. The standard InChI is InChI=1S/C13H27B2O7P/c1-14-12-4-8(17)11(21-12)7-19-23(3,18)22-9-5-13(15-2)20-10(9)6-16/h8-18H,3-7H2,1-2H3/t8?,9?,10-,11-,12-,13-,23?/m1/s1. The molecule has 7 nitrogen and oxygen atoms in total. The van der Waals surface area contributed by atoms with E-state index in [2.05, 4.69) is 6.30 Å². The molecule has 132 valence electrons. The molecule has 10 heteroatoms. The van der Waals surface area contributed by atoms with Gasteiger partial charge in [-0.2, -0.15) is 0 Å². The highest BCUT2D eigenvalue weighted by Gasteiger charge is 2.39. The summed E-state index contributed by atoms with van der Waals surface area (Å²) in [6.45, 7) is 3.84. The van der Waals surface area contributed by atoms with Crippen molar-refractivity contribution in [3.63, 3.8) is 0 Å². The van der Waals surface area contributed by atoms with Crippen molar-refractivity contribution in [3.05, 3.63) is 0 Å². The van der Waals surface area contributed by atoms with Crippen molar-refractivity contribution >= 4 is 28.4 Å². The largest absolute Gasteiger partial charge is 0.394 e. The molecule has 7 atom stereocenters.